The van der Waals surface area contributed by atoms with Crippen LogP contribution in [0.2, 0.25) is 0 Å². The fourth-order valence-corrected chi connectivity index (χ4v) is 2.73. The van der Waals surface area contributed by atoms with Gasteiger partial charge in [-0.25, -0.2) is 4.68 Å². The summed E-state index contributed by atoms with van der Waals surface area (Å²) in [5.74, 6) is 1.13. The maximum Gasteiger partial charge on any atom is 0.150 e. The van der Waals surface area contributed by atoms with Gasteiger partial charge in [0.1, 0.15) is 0 Å². The topological polar surface area (TPSA) is 50.3 Å². The first-order valence-corrected chi connectivity index (χ1v) is 7.36. The van der Waals surface area contributed by atoms with E-state index >= 15 is 0 Å². The summed E-state index contributed by atoms with van der Waals surface area (Å²) in [6.45, 7) is 13.9. The van der Waals surface area contributed by atoms with Crippen molar-refractivity contribution in [3.63, 3.8) is 0 Å². The van der Waals surface area contributed by atoms with Crippen molar-refractivity contribution in [1.29, 1.82) is 0 Å². The lowest BCUT2D eigenvalue weighted by Crippen LogP contribution is -2.49. The number of anilines is 2. The molecule has 2 heterocycles. The molecule has 5 nitrogen and oxygen atoms in total. The van der Waals surface area contributed by atoms with Crippen LogP contribution < -0.4 is 10.6 Å². The van der Waals surface area contributed by atoms with E-state index in [0.29, 0.717) is 6.04 Å². The van der Waals surface area contributed by atoms with Crippen molar-refractivity contribution in [2.24, 2.45) is 0 Å². The molecule has 5 heteroatoms. The van der Waals surface area contributed by atoms with E-state index < -0.39 is 0 Å². The second kappa shape index (κ2) is 5.82. The van der Waals surface area contributed by atoms with E-state index in [1.165, 1.54) is 0 Å². The standard InChI is InChI=1S/C14H27N5/c1-5-6-19-14(13(15)12(4)16-19)18-9-7-17(8-10-18)11(2)3/h11H,5-10,15H2,1-4H3. The Labute approximate surface area is 116 Å². The number of nitrogen functional groups attached to an aromatic ring is 1. The van der Waals surface area contributed by atoms with E-state index in [2.05, 4.69) is 40.4 Å². The Morgan fingerprint density at radius 3 is 2.37 bits per heavy atom. The molecular formula is C14H27N5. The molecule has 2 rings (SSSR count). The van der Waals surface area contributed by atoms with Gasteiger partial charge in [-0.3, -0.25) is 4.90 Å². The highest BCUT2D eigenvalue weighted by molar-refractivity contribution is 5.66. The van der Waals surface area contributed by atoms with Gasteiger partial charge in [-0.05, 0) is 27.2 Å². The van der Waals surface area contributed by atoms with Crippen LogP contribution in [0.1, 0.15) is 32.9 Å². The summed E-state index contributed by atoms with van der Waals surface area (Å²) in [6.07, 6.45) is 1.08. The highest BCUT2D eigenvalue weighted by Crippen LogP contribution is 2.27. The molecule has 0 atom stereocenters. The van der Waals surface area contributed by atoms with Crippen molar-refractivity contribution in [2.75, 3.05) is 36.8 Å². The minimum absolute atomic E-state index is 0.627. The molecule has 0 spiro atoms. The van der Waals surface area contributed by atoms with Gasteiger partial charge in [0, 0.05) is 38.8 Å². The molecule has 1 aromatic rings. The molecule has 0 amide bonds. The van der Waals surface area contributed by atoms with Crippen LogP contribution in [0.4, 0.5) is 11.5 Å². The zero-order valence-corrected chi connectivity index (χ0v) is 12.7. The average Bonchev–Trinajstić information content (AvgIpc) is 2.66. The van der Waals surface area contributed by atoms with Gasteiger partial charge in [-0.1, -0.05) is 6.92 Å². The van der Waals surface area contributed by atoms with Crippen molar-refractivity contribution in [3.05, 3.63) is 5.69 Å². The molecule has 108 valence electrons. The lowest BCUT2D eigenvalue weighted by atomic mass is 10.2. The third kappa shape index (κ3) is 2.86. The fourth-order valence-electron chi connectivity index (χ4n) is 2.73. The van der Waals surface area contributed by atoms with Crippen LogP contribution >= 0.6 is 0 Å². The second-order valence-corrected chi connectivity index (χ2v) is 5.66. The predicted molar refractivity (Wildman–Crippen MR) is 80.6 cm³/mol. The van der Waals surface area contributed by atoms with Crippen molar-refractivity contribution >= 4 is 11.5 Å². The minimum atomic E-state index is 0.627. The van der Waals surface area contributed by atoms with Gasteiger partial charge in [0.25, 0.3) is 0 Å². The predicted octanol–water partition coefficient (Wildman–Crippen LogP) is 1.71. The summed E-state index contributed by atoms with van der Waals surface area (Å²) >= 11 is 0. The molecule has 0 aliphatic carbocycles. The Morgan fingerprint density at radius 2 is 1.84 bits per heavy atom. The lowest BCUT2D eigenvalue weighted by molar-refractivity contribution is 0.208. The number of piperazine rings is 1. The van der Waals surface area contributed by atoms with Gasteiger partial charge < -0.3 is 10.6 Å². The SMILES string of the molecule is CCCn1nc(C)c(N)c1N1CCN(C(C)C)CC1. The largest absolute Gasteiger partial charge is 0.394 e. The first kappa shape index (κ1) is 14.2. The molecular weight excluding hydrogens is 238 g/mol. The molecule has 0 aromatic carbocycles. The van der Waals surface area contributed by atoms with E-state index in [0.717, 1.165) is 56.3 Å². The number of aryl methyl sites for hydroxylation is 2. The average molecular weight is 265 g/mol. The maximum atomic E-state index is 6.22. The Bertz CT molecular complexity index is 416. The maximum absolute atomic E-state index is 6.22. The van der Waals surface area contributed by atoms with Crippen molar-refractivity contribution in [1.82, 2.24) is 14.7 Å². The van der Waals surface area contributed by atoms with Gasteiger partial charge in [-0.15, -0.1) is 0 Å². The number of nitrogens with zero attached hydrogens (tertiary/aromatic N) is 4. The first-order valence-electron chi connectivity index (χ1n) is 7.36. The number of nitrogens with two attached hydrogens (primary N) is 1. The zero-order valence-electron chi connectivity index (χ0n) is 12.7. The van der Waals surface area contributed by atoms with Crippen LogP contribution in [0, 0.1) is 6.92 Å². The molecule has 1 aromatic heterocycles. The van der Waals surface area contributed by atoms with Crippen molar-refractivity contribution in [3.8, 4) is 0 Å². The zero-order chi connectivity index (χ0) is 14.0. The summed E-state index contributed by atoms with van der Waals surface area (Å²) in [5.41, 5.74) is 8.03. The van der Waals surface area contributed by atoms with Gasteiger partial charge in [-0.2, -0.15) is 5.10 Å². The fraction of sp³-hybridized carbons (Fsp3) is 0.786. The summed E-state index contributed by atoms with van der Waals surface area (Å²) in [5, 5.41) is 4.57. The van der Waals surface area contributed by atoms with Gasteiger partial charge >= 0.3 is 0 Å². The van der Waals surface area contributed by atoms with Crippen LogP contribution in [-0.2, 0) is 6.54 Å². The van der Waals surface area contributed by atoms with Crippen LogP contribution in [0.25, 0.3) is 0 Å². The second-order valence-electron chi connectivity index (χ2n) is 5.66. The normalized spacial score (nSPS) is 17.4. The van der Waals surface area contributed by atoms with Crippen LogP contribution in [0.3, 0.4) is 0 Å². The van der Waals surface area contributed by atoms with Gasteiger partial charge in [0.2, 0.25) is 0 Å². The Balaban J connectivity index is 2.14. The summed E-state index contributed by atoms with van der Waals surface area (Å²) in [7, 11) is 0. The highest BCUT2D eigenvalue weighted by Gasteiger charge is 2.24. The number of aromatic nitrogens is 2. The number of rotatable bonds is 4. The molecule has 0 radical (unpaired) electrons. The number of hydrogen-bond acceptors (Lipinski definition) is 4. The van der Waals surface area contributed by atoms with Gasteiger partial charge in [0.15, 0.2) is 5.82 Å². The molecule has 0 saturated carbocycles. The van der Waals surface area contributed by atoms with Crippen LogP contribution in [0.15, 0.2) is 0 Å². The quantitative estimate of drug-likeness (QED) is 0.900. The lowest BCUT2D eigenvalue weighted by Gasteiger charge is -2.38. The number of hydrogen-bond donors (Lipinski definition) is 1. The molecule has 0 bridgehead atoms. The highest BCUT2D eigenvalue weighted by atomic mass is 15.4. The molecule has 2 N–H and O–H groups in total. The first-order chi connectivity index (χ1) is 9.04. The van der Waals surface area contributed by atoms with Crippen molar-refractivity contribution in [2.45, 2.75) is 46.7 Å². The Hall–Kier alpha value is -1.23. The molecule has 0 unspecified atom stereocenters. The summed E-state index contributed by atoms with van der Waals surface area (Å²) in [4.78, 5) is 4.91. The van der Waals surface area contributed by atoms with Crippen LogP contribution in [0.5, 0.6) is 0 Å². The minimum Gasteiger partial charge on any atom is -0.394 e. The van der Waals surface area contributed by atoms with Gasteiger partial charge in [0.05, 0.1) is 11.4 Å². The van der Waals surface area contributed by atoms with E-state index in [1.807, 2.05) is 6.92 Å². The molecule has 1 saturated heterocycles. The molecule has 1 fully saturated rings. The Kier molecular flexibility index (Phi) is 4.34. The molecule has 19 heavy (non-hydrogen) atoms. The molecule has 1 aliphatic rings. The summed E-state index contributed by atoms with van der Waals surface area (Å²) in [6, 6.07) is 0.627. The van der Waals surface area contributed by atoms with E-state index in [9.17, 15) is 0 Å². The van der Waals surface area contributed by atoms with Crippen LogP contribution in [-0.4, -0.2) is 46.9 Å². The third-order valence-electron chi connectivity index (χ3n) is 3.93. The smallest absolute Gasteiger partial charge is 0.150 e. The van der Waals surface area contributed by atoms with Crippen molar-refractivity contribution < 1.29 is 0 Å². The van der Waals surface area contributed by atoms with E-state index in [-0.39, 0.29) is 0 Å². The summed E-state index contributed by atoms with van der Waals surface area (Å²) < 4.78 is 2.08. The van der Waals surface area contributed by atoms with E-state index in [1.54, 1.807) is 0 Å². The third-order valence-corrected chi connectivity index (χ3v) is 3.93. The Morgan fingerprint density at radius 1 is 1.21 bits per heavy atom. The molecule has 1 aliphatic heterocycles. The monoisotopic (exact) mass is 265 g/mol. The van der Waals surface area contributed by atoms with E-state index in [4.69, 9.17) is 5.73 Å².